The van der Waals surface area contributed by atoms with E-state index >= 15 is 0 Å². The average Bonchev–Trinajstić information content (AvgIpc) is 2.61. The number of hydrogen-bond donors (Lipinski definition) is 0. The van der Waals surface area contributed by atoms with Crippen molar-refractivity contribution in [2.75, 3.05) is 0 Å². The van der Waals surface area contributed by atoms with Crippen molar-refractivity contribution < 1.29 is 9.53 Å². The number of aryl methyl sites for hydroxylation is 1. The van der Waals surface area contributed by atoms with Gasteiger partial charge in [0, 0.05) is 17.8 Å². The van der Waals surface area contributed by atoms with Gasteiger partial charge in [0.15, 0.2) is 0 Å². The van der Waals surface area contributed by atoms with Gasteiger partial charge in [0.25, 0.3) is 0 Å². The first-order chi connectivity index (χ1) is 12.8. The molecule has 0 N–H and O–H groups in total. The van der Waals surface area contributed by atoms with E-state index in [0.717, 1.165) is 48.3 Å². The predicted octanol–water partition coefficient (Wildman–Crippen LogP) is 4.23. The largest absolute Gasteiger partial charge is 0.444 e. The summed E-state index contributed by atoms with van der Waals surface area (Å²) < 4.78 is 5.70. The summed E-state index contributed by atoms with van der Waals surface area (Å²) in [7, 11) is 0. The summed E-state index contributed by atoms with van der Waals surface area (Å²) in [6.45, 7) is 7.62. The van der Waals surface area contributed by atoms with Crippen LogP contribution >= 0.6 is 0 Å². The van der Waals surface area contributed by atoms with E-state index in [1.807, 2.05) is 50.8 Å². The summed E-state index contributed by atoms with van der Waals surface area (Å²) >= 11 is 0. The van der Waals surface area contributed by atoms with Gasteiger partial charge in [-0.1, -0.05) is 6.07 Å². The number of fused-ring (bicyclic) bond motifs is 4. The van der Waals surface area contributed by atoms with Crippen LogP contribution in [0.3, 0.4) is 0 Å². The van der Waals surface area contributed by atoms with Gasteiger partial charge >= 0.3 is 6.09 Å². The number of hydrogen-bond acceptors (Lipinski definition) is 5. The molecule has 1 saturated heterocycles. The van der Waals surface area contributed by atoms with Crippen LogP contribution in [-0.4, -0.2) is 37.6 Å². The molecule has 2 aromatic heterocycles. The lowest BCUT2D eigenvalue weighted by molar-refractivity contribution is -0.0105. The molecule has 1 amide bonds. The van der Waals surface area contributed by atoms with E-state index in [4.69, 9.17) is 14.7 Å². The number of nitrogens with zero attached hydrogens (tertiary/aromatic N) is 4. The van der Waals surface area contributed by atoms with E-state index < -0.39 is 5.60 Å². The number of carbonyl (C=O) groups is 1. The first kappa shape index (κ1) is 17.9. The summed E-state index contributed by atoms with van der Waals surface area (Å²) in [6.07, 6.45) is 5.27. The Bertz CT molecular complexity index is 860. The highest BCUT2D eigenvalue weighted by Crippen LogP contribution is 2.43. The molecule has 2 bridgehead atoms. The smallest absolute Gasteiger partial charge is 0.411 e. The molecule has 0 spiro atoms. The van der Waals surface area contributed by atoms with Crippen LogP contribution in [0.5, 0.6) is 0 Å². The van der Waals surface area contributed by atoms with Crippen molar-refractivity contribution >= 4 is 6.09 Å². The molecule has 2 aliphatic heterocycles. The first-order valence-corrected chi connectivity index (χ1v) is 9.63. The number of amides is 1. The van der Waals surface area contributed by atoms with Crippen molar-refractivity contribution in [2.24, 2.45) is 0 Å². The number of ether oxygens (including phenoxy) is 1. The highest BCUT2D eigenvalue weighted by atomic mass is 16.6. The molecule has 27 heavy (non-hydrogen) atoms. The standard InChI is InChI=1S/C21H26N4O2/c1-13-23-18(16-9-5-6-11-22-16)15-12-14-8-7-10-17(19(15)24-13)25(14)20(26)27-21(2,3)4/h5-6,9,11,14,17H,7-8,10,12H2,1-4H3/t14-,17+/m0/s1. The molecule has 4 heterocycles. The van der Waals surface area contributed by atoms with Gasteiger partial charge < -0.3 is 4.74 Å². The quantitative estimate of drug-likeness (QED) is 0.755. The molecular weight excluding hydrogens is 340 g/mol. The monoisotopic (exact) mass is 366 g/mol. The molecule has 2 aromatic rings. The SMILES string of the molecule is Cc1nc(-c2ccccn2)c2c(n1)[C@H]1CCC[C@@H](C2)N1C(=O)OC(C)(C)C. The van der Waals surface area contributed by atoms with Crippen LogP contribution in [0.25, 0.3) is 11.4 Å². The molecule has 142 valence electrons. The maximum atomic E-state index is 12.9. The summed E-state index contributed by atoms with van der Waals surface area (Å²) in [5, 5.41) is 0. The summed E-state index contributed by atoms with van der Waals surface area (Å²) in [5.74, 6) is 0.711. The van der Waals surface area contributed by atoms with Crippen molar-refractivity contribution in [1.82, 2.24) is 19.9 Å². The van der Waals surface area contributed by atoms with Crippen LogP contribution in [0, 0.1) is 6.92 Å². The third kappa shape index (κ3) is 3.40. The van der Waals surface area contributed by atoms with E-state index in [9.17, 15) is 4.79 Å². The lowest BCUT2D eigenvalue weighted by Crippen LogP contribution is -2.51. The number of piperidine rings is 1. The van der Waals surface area contributed by atoms with E-state index in [2.05, 4.69) is 4.98 Å². The van der Waals surface area contributed by atoms with E-state index in [1.54, 1.807) is 6.20 Å². The lowest BCUT2D eigenvalue weighted by Gasteiger charge is -2.46. The molecule has 0 saturated carbocycles. The fourth-order valence-electron chi connectivity index (χ4n) is 4.18. The second-order valence-electron chi connectivity index (χ2n) is 8.39. The second kappa shape index (κ2) is 6.59. The summed E-state index contributed by atoms with van der Waals surface area (Å²) in [6, 6.07) is 5.94. The minimum Gasteiger partial charge on any atom is -0.444 e. The normalized spacial score (nSPS) is 21.6. The molecule has 1 fully saturated rings. The number of aromatic nitrogens is 3. The van der Waals surface area contributed by atoms with Crippen molar-refractivity contribution in [3.8, 4) is 11.4 Å². The Balaban J connectivity index is 1.79. The molecule has 6 nitrogen and oxygen atoms in total. The molecule has 0 aliphatic carbocycles. The second-order valence-corrected chi connectivity index (χ2v) is 8.39. The molecule has 2 aliphatic rings. The first-order valence-electron chi connectivity index (χ1n) is 9.63. The van der Waals surface area contributed by atoms with Crippen molar-refractivity contribution in [3.05, 3.63) is 41.5 Å². The average molecular weight is 366 g/mol. The zero-order valence-electron chi connectivity index (χ0n) is 16.4. The molecule has 0 radical (unpaired) electrons. The molecule has 0 aromatic carbocycles. The lowest BCUT2D eigenvalue weighted by atomic mass is 9.82. The van der Waals surface area contributed by atoms with E-state index in [0.29, 0.717) is 5.82 Å². The van der Waals surface area contributed by atoms with E-state index in [-0.39, 0.29) is 18.2 Å². The zero-order valence-corrected chi connectivity index (χ0v) is 16.4. The van der Waals surface area contributed by atoms with Gasteiger partial charge in [-0.25, -0.2) is 14.8 Å². The highest BCUT2D eigenvalue weighted by molar-refractivity contribution is 5.71. The Morgan fingerprint density at radius 2 is 2.04 bits per heavy atom. The molecule has 6 heteroatoms. The van der Waals surface area contributed by atoms with Crippen LogP contribution in [0.2, 0.25) is 0 Å². The number of pyridine rings is 1. The Morgan fingerprint density at radius 1 is 1.22 bits per heavy atom. The third-order valence-corrected chi connectivity index (χ3v) is 5.16. The zero-order chi connectivity index (χ0) is 19.2. The Hall–Kier alpha value is -2.50. The van der Waals surface area contributed by atoms with Crippen LogP contribution in [0.4, 0.5) is 4.79 Å². The van der Waals surface area contributed by atoms with Gasteiger partial charge in [-0.15, -0.1) is 0 Å². The van der Waals surface area contributed by atoms with Gasteiger partial charge in [-0.2, -0.15) is 0 Å². The number of carbonyl (C=O) groups excluding carboxylic acids is 1. The van der Waals surface area contributed by atoms with Crippen LogP contribution < -0.4 is 0 Å². The van der Waals surface area contributed by atoms with Gasteiger partial charge in [0.05, 0.1) is 23.1 Å². The van der Waals surface area contributed by atoms with Crippen molar-refractivity contribution in [1.29, 1.82) is 0 Å². The third-order valence-electron chi connectivity index (χ3n) is 5.16. The fourth-order valence-corrected chi connectivity index (χ4v) is 4.18. The minimum absolute atomic E-state index is 0.0495. The maximum Gasteiger partial charge on any atom is 0.411 e. The van der Waals surface area contributed by atoms with Crippen molar-refractivity contribution in [2.45, 2.75) is 71.1 Å². The van der Waals surface area contributed by atoms with Gasteiger partial charge in [-0.3, -0.25) is 9.88 Å². The maximum absolute atomic E-state index is 12.9. The fraction of sp³-hybridized carbons (Fsp3) is 0.524. The van der Waals surface area contributed by atoms with Gasteiger partial charge in [-0.05, 0) is 65.5 Å². The van der Waals surface area contributed by atoms with Crippen molar-refractivity contribution in [3.63, 3.8) is 0 Å². The minimum atomic E-state index is -0.508. The van der Waals surface area contributed by atoms with Gasteiger partial charge in [0.2, 0.25) is 0 Å². The number of rotatable bonds is 1. The molecular formula is C21H26N4O2. The Kier molecular flexibility index (Phi) is 4.36. The topological polar surface area (TPSA) is 68.2 Å². The summed E-state index contributed by atoms with van der Waals surface area (Å²) in [4.78, 5) is 28.8. The highest BCUT2D eigenvalue weighted by Gasteiger charge is 2.44. The predicted molar refractivity (Wildman–Crippen MR) is 102 cm³/mol. The van der Waals surface area contributed by atoms with Crippen LogP contribution in [0.15, 0.2) is 24.4 Å². The van der Waals surface area contributed by atoms with Crippen LogP contribution in [0.1, 0.15) is 63.2 Å². The molecule has 4 rings (SSSR count). The summed E-state index contributed by atoms with van der Waals surface area (Å²) in [5.41, 5.74) is 3.35. The molecule has 0 unspecified atom stereocenters. The van der Waals surface area contributed by atoms with Gasteiger partial charge in [0.1, 0.15) is 11.4 Å². The Labute approximate surface area is 160 Å². The molecule has 2 atom stereocenters. The van der Waals surface area contributed by atoms with Crippen LogP contribution in [-0.2, 0) is 11.2 Å². The van der Waals surface area contributed by atoms with E-state index in [1.165, 1.54) is 0 Å². The Morgan fingerprint density at radius 3 is 2.74 bits per heavy atom.